The SMILES string of the molecule is CCOc1ccc([C@H]2CCCN2C(=S)Nc2ccccc2F)cc1. The van der Waals surface area contributed by atoms with Gasteiger partial charge in [-0.2, -0.15) is 0 Å². The molecule has 2 aromatic rings. The highest BCUT2D eigenvalue weighted by atomic mass is 32.1. The van der Waals surface area contributed by atoms with Crippen molar-refractivity contribution in [2.75, 3.05) is 18.5 Å². The first-order valence-electron chi connectivity index (χ1n) is 8.24. The number of benzene rings is 2. The molecule has 126 valence electrons. The van der Waals surface area contributed by atoms with Gasteiger partial charge in [0.25, 0.3) is 0 Å². The van der Waals surface area contributed by atoms with Crippen molar-refractivity contribution in [1.82, 2.24) is 4.90 Å². The number of rotatable bonds is 4. The average molecular weight is 344 g/mol. The third kappa shape index (κ3) is 3.67. The third-order valence-electron chi connectivity index (χ3n) is 4.20. The normalized spacial score (nSPS) is 16.9. The van der Waals surface area contributed by atoms with E-state index in [9.17, 15) is 4.39 Å². The summed E-state index contributed by atoms with van der Waals surface area (Å²) in [6.07, 6.45) is 2.10. The van der Waals surface area contributed by atoms with Crippen LogP contribution in [0.5, 0.6) is 5.75 Å². The van der Waals surface area contributed by atoms with E-state index in [2.05, 4.69) is 22.3 Å². The smallest absolute Gasteiger partial charge is 0.174 e. The van der Waals surface area contributed by atoms with Gasteiger partial charge in [0.2, 0.25) is 0 Å². The summed E-state index contributed by atoms with van der Waals surface area (Å²) in [4.78, 5) is 2.14. The van der Waals surface area contributed by atoms with Crippen molar-refractivity contribution in [2.45, 2.75) is 25.8 Å². The molecule has 1 atom stereocenters. The van der Waals surface area contributed by atoms with Crippen LogP contribution in [0, 0.1) is 5.82 Å². The fourth-order valence-corrected chi connectivity index (χ4v) is 3.39. The minimum Gasteiger partial charge on any atom is -0.494 e. The lowest BCUT2D eigenvalue weighted by Crippen LogP contribution is -2.34. The van der Waals surface area contributed by atoms with Crippen molar-refractivity contribution in [3.05, 3.63) is 59.9 Å². The number of thiocarbonyl (C=S) groups is 1. The van der Waals surface area contributed by atoms with Crippen LogP contribution in [-0.2, 0) is 0 Å². The molecule has 1 aliphatic heterocycles. The van der Waals surface area contributed by atoms with Crippen molar-refractivity contribution < 1.29 is 9.13 Å². The van der Waals surface area contributed by atoms with Gasteiger partial charge < -0.3 is 15.0 Å². The standard InChI is InChI=1S/C19H21FN2OS/c1-2-23-15-11-9-14(10-12-15)18-8-5-13-22(18)19(24)21-17-7-4-3-6-16(17)20/h3-4,6-7,9-12,18H,2,5,8,13H2,1H3,(H,21,24)/t18-/m1/s1. The zero-order chi connectivity index (χ0) is 16.9. The van der Waals surface area contributed by atoms with Crippen LogP contribution in [0.4, 0.5) is 10.1 Å². The average Bonchev–Trinajstić information content (AvgIpc) is 3.08. The number of nitrogens with one attached hydrogen (secondary N) is 1. The molecule has 1 heterocycles. The van der Waals surface area contributed by atoms with Gasteiger partial charge in [0.1, 0.15) is 11.6 Å². The number of halogens is 1. The molecule has 5 heteroatoms. The topological polar surface area (TPSA) is 24.5 Å². The Hall–Kier alpha value is -2.14. The molecule has 0 aliphatic carbocycles. The van der Waals surface area contributed by atoms with Crippen molar-refractivity contribution in [3.63, 3.8) is 0 Å². The van der Waals surface area contributed by atoms with Crippen LogP contribution in [0.1, 0.15) is 31.4 Å². The molecule has 1 N–H and O–H groups in total. The lowest BCUT2D eigenvalue weighted by Gasteiger charge is -2.28. The molecule has 24 heavy (non-hydrogen) atoms. The van der Waals surface area contributed by atoms with E-state index in [1.54, 1.807) is 18.2 Å². The van der Waals surface area contributed by atoms with Crippen molar-refractivity contribution >= 4 is 23.0 Å². The van der Waals surface area contributed by atoms with Gasteiger partial charge in [0.05, 0.1) is 18.3 Å². The first-order valence-corrected chi connectivity index (χ1v) is 8.64. The largest absolute Gasteiger partial charge is 0.494 e. The Balaban J connectivity index is 1.72. The lowest BCUT2D eigenvalue weighted by molar-refractivity contribution is 0.339. The molecule has 0 bridgehead atoms. The molecule has 0 aromatic heterocycles. The van der Waals surface area contributed by atoms with Gasteiger partial charge in [0.15, 0.2) is 5.11 Å². The summed E-state index contributed by atoms with van der Waals surface area (Å²) in [6, 6.07) is 14.9. The molecular weight excluding hydrogens is 323 g/mol. The van der Waals surface area contributed by atoms with E-state index < -0.39 is 0 Å². The highest BCUT2D eigenvalue weighted by molar-refractivity contribution is 7.80. The zero-order valence-corrected chi connectivity index (χ0v) is 14.5. The Morgan fingerprint density at radius 1 is 1.25 bits per heavy atom. The minimum absolute atomic E-state index is 0.215. The Bertz CT molecular complexity index is 705. The quantitative estimate of drug-likeness (QED) is 0.809. The molecule has 1 saturated heterocycles. The Morgan fingerprint density at radius 3 is 2.71 bits per heavy atom. The number of hydrogen-bond acceptors (Lipinski definition) is 2. The number of nitrogens with zero attached hydrogens (tertiary/aromatic N) is 1. The van der Waals surface area contributed by atoms with E-state index in [-0.39, 0.29) is 11.9 Å². The predicted octanol–water partition coefficient (Wildman–Crippen LogP) is 4.76. The summed E-state index contributed by atoms with van der Waals surface area (Å²) < 4.78 is 19.3. The summed E-state index contributed by atoms with van der Waals surface area (Å²) in [6.45, 7) is 3.50. The first-order chi connectivity index (χ1) is 11.7. The highest BCUT2D eigenvalue weighted by Gasteiger charge is 2.28. The van der Waals surface area contributed by atoms with E-state index in [0.717, 1.165) is 25.1 Å². The molecule has 0 amide bonds. The van der Waals surface area contributed by atoms with Crippen LogP contribution in [-0.4, -0.2) is 23.2 Å². The molecule has 3 rings (SSSR count). The molecule has 1 aliphatic rings. The van der Waals surface area contributed by atoms with Gasteiger partial charge in [-0.3, -0.25) is 0 Å². The molecule has 0 radical (unpaired) electrons. The van der Waals surface area contributed by atoms with Gasteiger partial charge >= 0.3 is 0 Å². The van der Waals surface area contributed by atoms with Crippen LogP contribution in [0.15, 0.2) is 48.5 Å². The second kappa shape index (κ2) is 7.62. The molecule has 2 aromatic carbocycles. The van der Waals surface area contributed by atoms with Crippen LogP contribution in [0.25, 0.3) is 0 Å². The van der Waals surface area contributed by atoms with Crippen molar-refractivity contribution in [1.29, 1.82) is 0 Å². The number of anilines is 1. The van der Waals surface area contributed by atoms with Crippen LogP contribution in [0.2, 0.25) is 0 Å². The van der Waals surface area contributed by atoms with E-state index in [1.165, 1.54) is 11.6 Å². The predicted molar refractivity (Wildman–Crippen MR) is 98.9 cm³/mol. The van der Waals surface area contributed by atoms with Gasteiger partial charge in [-0.05, 0) is 61.8 Å². The lowest BCUT2D eigenvalue weighted by atomic mass is 10.0. The van der Waals surface area contributed by atoms with Crippen molar-refractivity contribution in [3.8, 4) is 5.75 Å². The van der Waals surface area contributed by atoms with Gasteiger partial charge in [-0.25, -0.2) is 4.39 Å². The molecule has 0 spiro atoms. The maximum atomic E-state index is 13.8. The molecule has 0 saturated carbocycles. The fourth-order valence-electron chi connectivity index (χ4n) is 3.06. The van der Waals surface area contributed by atoms with E-state index in [4.69, 9.17) is 17.0 Å². The van der Waals surface area contributed by atoms with Gasteiger partial charge in [-0.15, -0.1) is 0 Å². The maximum Gasteiger partial charge on any atom is 0.174 e. The summed E-state index contributed by atoms with van der Waals surface area (Å²) in [5.41, 5.74) is 1.62. The second-order valence-electron chi connectivity index (χ2n) is 5.76. The van der Waals surface area contributed by atoms with Gasteiger partial charge in [0, 0.05) is 6.54 Å². The summed E-state index contributed by atoms with van der Waals surface area (Å²) >= 11 is 5.52. The zero-order valence-electron chi connectivity index (χ0n) is 13.7. The third-order valence-corrected chi connectivity index (χ3v) is 4.54. The summed E-state index contributed by atoms with van der Waals surface area (Å²) in [5, 5.41) is 3.61. The number of para-hydroxylation sites is 1. The Morgan fingerprint density at radius 2 is 2.00 bits per heavy atom. The summed E-state index contributed by atoms with van der Waals surface area (Å²) in [7, 11) is 0. The second-order valence-corrected chi connectivity index (χ2v) is 6.15. The monoisotopic (exact) mass is 344 g/mol. The Kier molecular flexibility index (Phi) is 5.30. The van der Waals surface area contributed by atoms with Crippen molar-refractivity contribution in [2.24, 2.45) is 0 Å². The maximum absolute atomic E-state index is 13.8. The Labute approximate surface area is 147 Å². The minimum atomic E-state index is -0.295. The molecule has 1 fully saturated rings. The highest BCUT2D eigenvalue weighted by Crippen LogP contribution is 2.33. The van der Waals surface area contributed by atoms with E-state index >= 15 is 0 Å². The van der Waals surface area contributed by atoms with Gasteiger partial charge in [-0.1, -0.05) is 24.3 Å². The molecular formula is C19H21FN2OS. The fraction of sp³-hybridized carbons (Fsp3) is 0.316. The van der Waals surface area contributed by atoms with E-state index in [0.29, 0.717) is 17.4 Å². The molecule has 3 nitrogen and oxygen atoms in total. The van der Waals surface area contributed by atoms with Crippen LogP contribution >= 0.6 is 12.2 Å². The van der Waals surface area contributed by atoms with E-state index in [1.807, 2.05) is 19.1 Å². The number of hydrogen-bond donors (Lipinski definition) is 1. The first kappa shape index (κ1) is 16.7. The van der Waals surface area contributed by atoms with Crippen LogP contribution in [0.3, 0.4) is 0 Å². The summed E-state index contributed by atoms with van der Waals surface area (Å²) in [5.74, 6) is 0.578. The number of ether oxygens (including phenoxy) is 1. The number of likely N-dealkylation sites (tertiary alicyclic amines) is 1. The van der Waals surface area contributed by atoms with Crippen LogP contribution < -0.4 is 10.1 Å². The molecule has 0 unspecified atom stereocenters.